The maximum Gasteiger partial charge on any atom is 0.336 e. The van der Waals surface area contributed by atoms with Crippen LogP contribution in [0.25, 0.3) is 11.1 Å². The number of carbonyl (C=O) groups is 2. The van der Waals surface area contributed by atoms with Gasteiger partial charge in [0, 0.05) is 26.7 Å². The number of carboxylic acids is 1. The number of carbonyl (C=O) groups excluding carboxylic acids is 1. The number of hydrogen-bond acceptors (Lipinski definition) is 4. The average molecular weight is 354 g/mol. The molecule has 2 aromatic rings. The van der Waals surface area contributed by atoms with Crippen LogP contribution in [0.2, 0.25) is 0 Å². The summed E-state index contributed by atoms with van der Waals surface area (Å²) in [5, 5.41) is 12.0. The second-order valence-corrected chi connectivity index (χ2v) is 6.26. The van der Waals surface area contributed by atoms with Gasteiger partial charge in [0.1, 0.15) is 6.10 Å². The van der Waals surface area contributed by atoms with Gasteiger partial charge in [0.15, 0.2) is 0 Å². The monoisotopic (exact) mass is 354 g/mol. The normalized spacial score (nSPS) is 17.7. The fourth-order valence-corrected chi connectivity index (χ4v) is 3.14. The van der Waals surface area contributed by atoms with Crippen molar-refractivity contribution < 1.29 is 19.4 Å². The highest BCUT2D eigenvalue weighted by atomic mass is 16.5. The van der Waals surface area contributed by atoms with Gasteiger partial charge in [0.2, 0.25) is 5.91 Å². The third-order valence-corrected chi connectivity index (χ3v) is 4.52. The predicted octanol–water partition coefficient (Wildman–Crippen LogP) is 2.00. The molecule has 1 amide bonds. The van der Waals surface area contributed by atoms with Gasteiger partial charge in [0.25, 0.3) is 0 Å². The van der Waals surface area contributed by atoms with Crippen LogP contribution in [-0.2, 0) is 16.1 Å². The quantitative estimate of drug-likeness (QED) is 0.859. The summed E-state index contributed by atoms with van der Waals surface area (Å²) in [5.41, 5.74) is 2.98. The summed E-state index contributed by atoms with van der Waals surface area (Å²) in [6.45, 7) is 2.58. The van der Waals surface area contributed by atoms with E-state index in [1.54, 1.807) is 19.2 Å². The number of carboxylic acid groups (broad SMARTS) is 1. The first-order chi connectivity index (χ1) is 12.6. The summed E-state index contributed by atoms with van der Waals surface area (Å²) in [6.07, 6.45) is -0.435. The van der Waals surface area contributed by atoms with Gasteiger partial charge in [-0.3, -0.25) is 9.69 Å². The minimum absolute atomic E-state index is 0.102. The Morgan fingerprint density at radius 3 is 2.62 bits per heavy atom. The fourth-order valence-electron chi connectivity index (χ4n) is 3.14. The highest BCUT2D eigenvalue weighted by molar-refractivity contribution is 5.95. The maximum atomic E-state index is 11.7. The number of morpholine rings is 1. The number of amides is 1. The molecule has 136 valence electrons. The van der Waals surface area contributed by atoms with Crippen LogP contribution in [-0.4, -0.2) is 54.7 Å². The molecule has 1 heterocycles. The molecule has 2 aromatic carbocycles. The minimum atomic E-state index is -0.932. The molecule has 26 heavy (non-hydrogen) atoms. The van der Waals surface area contributed by atoms with Crippen LogP contribution >= 0.6 is 0 Å². The van der Waals surface area contributed by atoms with Crippen molar-refractivity contribution in [2.24, 2.45) is 0 Å². The van der Waals surface area contributed by atoms with Crippen molar-refractivity contribution in [1.29, 1.82) is 0 Å². The first-order valence-corrected chi connectivity index (χ1v) is 8.55. The van der Waals surface area contributed by atoms with Crippen molar-refractivity contribution >= 4 is 11.9 Å². The third-order valence-electron chi connectivity index (χ3n) is 4.52. The van der Waals surface area contributed by atoms with E-state index in [1.165, 1.54) is 0 Å². The fraction of sp³-hybridized carbons (Fsp3) is 0.300. The van der Waals surface area contributed by atoms with E-state index in [9.17, 15) is 14.7 Å². The van der Waals surface area contributed by atoms with Crippen molar-refractivity contribution in [3.63, 3.8) is 0 Å². The zero-order valence-electron chi connectivity index (χ0n) is 14.6. The number of ether oxygens (including phenoxy) is 1. The van der Waals surface area contributed by atoms with Crippen molar-refractivity contribution in [1.82, 2.24) is 10.2 Å². The van der Waals surface area contributed by atoms with Crippen molar-refractivity contribution in [3.05, 3.63) is 59.7 Å². The van der Waals surface area contributed by atoms with Gasteiger partial charge in [-0.2, -0.15) is 0 Å². The molecular formula is C20H22N2O4. The summed E-state index contributed by atoms with van der Waals surface area (Å²) in [7, 11) is 1.61. The number of rotatable bonds is 5. The smallest absolute Gasteiger partial charge is 0.336 e. The van der Waals surface area contributed by atoms with Gasteiger partial charge >= 0.3 is 5.97 Å². The lowest BCUT2D eigenvalue weighted by atomic mass is 9.98. The second-order valence-electron chi connectivity index (χ2n) is 6.26. The van der Waals surface area contributed by atoms with Gasteiger partial charge in [-0.15, -0.1) is 0 Å². The molecule has 1 fully saturated rings. The molecule has 0 aromatic heterocycles. The van der Waals surface area contributed by atoms with Crippen LogP contribution in [0.3, 0.4) is 0 Å². The van der Waals surface area contributed by atoms with E-state index in [4.69, 9.17) is 4.74 Å². The molecule has 6 nitrogen and oxygen atoms in total. The van der Waals surface area contributed by atoms with Crippen LogP contribution in [0, 0.1) is 0 Å². The molecule has 1 aliphatic heterocycles. The lowest BCUT2D eigenvalue weighted by Crippen LogP contribution is -2.48. The Hall–Kier alpha value is -2.70. The molecule has 1 aliphatic rings. The van der Waals surface area contributed by atoms with Crippen LogP contribution in [0.5, 0.6) is 0 Å². The number of nitrogens with one attached hydrogen (secondary N) is 1. The van der Waals surface area contributed by atoms with Gasteiger partial charge < -0.3 is 15.2 Å². The first-order valence-electron chi connectivity index (χ1n) is 8.55. The molecule has 0 bridgehead atoms. The summed E-state index contributed by atoms with van der Waals surface area (Å²) in [5.74, 6) is -1.03. The number of benzene rings is 2. The zero-order chi connectivity index (χ0) is 18.5. The number of nitrogens with zero attached hydrogens (tertiary/aromatic N) is 1. The second kappa shape index (κ2) is 8.12. The standard InChI is InChI=1S/C20H22N2O4/c1-21-19(23)18-13-22(10-11-26-18)12-14-6-8-15(9-7-14)16-4-2-3-5-17(16)20(24)25/h2-9,18H,10-13H2,1H3,(H,21,23)(H,24,25)/t18-/m0/s1. The van der Waals surface area contributed by atoms with Crippen LogP contribution in [0.1, 0.15) is 15.9 Å². The van der Waals surface area contributed by atoms with Gasteiger partial charge in [-0.05, 0) is 22.8 Å². The van der Waals surface area contributed by atoms with E-state index < -0.39 is 12.1 Å². The Morgan fingerprint density at radius 2 is 1.92 bits per heavy atom. The number of aromatic carboxylic acids is 1. The number of likely N-dealkylation sites (N-methyl/N-ethyl adjacent to an activating group) is 1. The molecule has 1 atom stereocenters. The molecule has 2 N–H and O–H groups in total. The van der Waals surface area contributed by atoms with Crippen LogP contribution in [0.4, 0.5) is 0 Å². The Kier molecular flexibility index (Phi) is 5.65. The molecule has 3 rings (SSSR count). The Balaban J connectivity index is 1.71. The summed E-state index contributed by atoms with van der Waals surface area (Å²) < 4.78 is 5.50. The Labute approximate surface area is 152 Å². The van der Waals surface area contributed by atoms with Gasteiger partial charge in [-0.25, -0.2) is 4.79 Å². The highest BCUT2D eigenvalue weighted by Gasteiger charge is 2.25. The van der Waals surface area contributed by atoms with Crippen LogP contribution in [0.15, 0.2) is 48.5 Å². The van der Waals surface area contributed by atoms with E-state index in [1.807, 2.05) is 36.4 Å². The number of hydrogen-bond donors (Lipinski definition) is 2. The van der Waals surface area contributed by atoms with E-state index in [0.717, 1.165) is 24.2 Å². The summed E-state index contributed by atoms with van der Waals surface area (Å²) >= 11 is 0. The van der Waals surface area contributed by atoms with E-state index in [-0.39, 0.29) is 5.91 Å². The molecule has 0 spiro atoms. The molecule has 0 radical (unpaired) electrons. The lowest BCUT2D eigenvalue weighted by Gasteiger charge is -2.31. The van der Waals surface area contributed by atoms with E-state index in [2.05, 4.69) is 10.2 Å². The predicted molar refractivity (Wildman–Crippen MR) is 97.9 cm³/mol. The van der Waals surface area contributed by atoms with E-state index in [0.29, 0.717) is 24.3 Å². The molecule has 6 heteroatoms. The molecule has 0 saturated carbocycles. The minimum Gasteiger partial charge on any atom is -0.478 e. The summed E-state index contributed by atoms with van der Waals surface area (Å²) in [4.78, 5) is 25.3. The Morgan fingerprint density at radius 1 is 1.19 bits per heavy atom. The maximum absolute atomic E-state index is 11.7. The van der Waals surface area contributed by atoms with Crippen LogP contribution < -0.4 is 5.32 Å². The molecule has 1 saturated heterocycles. The SMILES string of the molecule is CNC(=O)[C@@H]1CN(Cc2ccc(-c3ccccc3C(=O)O)cc2)CCO1. The van der Waals surface area contributed by atoms with Gasteiger partial charge in [0.05, 0.1) is 12.2 Å². The van der Waals surface area contributed by atoms with E-state index >= 15 is 0 Å². The third kappa shape index (κ3) is 4.09. The highest BCUT2D eigenvalue weighted by Crippen LogP contribution is 2.24. The van der Waals surface area contributed by atoms with Crippen molar-refractivity contribution in [3.8, 4) is 11.1 Å². The first kappa shape index (κ1) is 18.1. The molecule has 0 aliphatic carbocycles. The lowest BCUT2D eigenvalue weighted by molar-refractivity contribution is -0.138. The Bertz CT molecular complexity index is 789. The van der Waals surface area contributed by atoms with Crippen molar-refractivity contribution in [2.45, 2.75) is 12.6 Å². The van der Waals surface area contributed by atoms with Gasteiger partial charge in [-0.1, -0.05) is 42.5 Å². The zero-order valence-corrected chi connectivity index (χ0v) is 14.6. The largest absolute Gasteiger partial charge is 0.478 e. The average Bonchev–Trinajstić information content (AvgIpc) is 2.68. The topological polar surface area (TPSA) is 78.9 Å². The molecule has 0 unspecified atom stereocenters. The molecular weight excluding hydrogens is 332 g/mol. The summed E-state index contributed by atoms with van der Waals surface area (Å²) in [6, 6.07) is 14.9. The van der Waals surface area contributed by atoms with Crippen molar-refractivity contribution in [2.75, 3.05) is 26.7 Å².